The molecule has 0 aromatic heterocycles. The van der Waals surface area contributed by atoms with Crippen molar-refractivity contribution in [2.24, 2.45) is 0 Å². The van der Waals surface area contributed by atoms with Crippen LogP contribution in [0.4, 0.5) is 0 Å². The summed E-state index contributed by atoms with van der Waals surface area (Å²) in [7, 11) is 0.691. The lowest BCUT2D eigenvalue weighted by Crippen LogP contribution is -2.40. The van der Waals surface area contributed by atoms with E-state index in [1.165, 1.54) is 10.7 Å². The fourth-order valence-corrected chi connectivity index (χ4v) is 3.55. The highest BCUT2D eigenvalue weighted by Crippen LogP contribution is 2.16. The molecule has 0 bridgehead atoms. The molecule has 108 valence electrons. The molecular formula is C12H27N3O2S. The van der Waals surface area contributed by atoms with Crippen LogP contribution in [0.5, 0.6) is 0 Å². The summed E-state index contributed by atoms with van der Waals surface area (Å²) in [5, 5.41) is 3.15. The Balaban J connectivity index is 2.36. The zero-order chi connectivity index (χ0) is 13.6. The van der Waals surface area contributed by atoms with E-state index in [2.05, 4.69) is 17.3 Å². The first-order valence-electron chi connectivity index (χ1n) is 6.82. The van der Waals surface area contributed by atoms with E-state index in [9.17, 15) is 8.42 Å². The minimum atomic E-state index is -3.08. The highest BCUT2D eigenvalue weighted by atomic mass is 32.2. The molecule has 5 nitrogen and oxygen atoms in total. The van der Waals surface area contributed by atoms with E-state index in [0.717, 1.165) is 26.1 Å². The van der Waals surface area contributed by atoms with E-state index in [1.54, 1.807) is 7.05 Å². The first-order valence-corrected chi connectivity index (χ1v) is 8.43. The van der Waals surface area contributed by atoms with Crippen molar-refractivity contribution < 1.29 is 8.42 Å². The van der Waals surface area contributed by atoms with E-state index in [4.69, 9.17) is 0 Å². The number of nitrogens with zero attached hydrogens (tertiary/aromatic N) is 2. The maximum atomic E-state index is 12.1. The van der Waals surface area contributed by atoms with Gasteiger partial charge in [0.15, 0.2) is 0 Å². The predicted molar refractivity (Wildman–Crippen MR) is 75.2 cm³/mol. The van der Waals surface area contributed by atoms with Gasteiger partial charge in [-0.1, -0.05) is 6.92 Å². The third-order valence-corrected chi connectivity index (χ3v) is 5.52. The van der Waals surface area contributed by atoms with Gasteiger partial charge in [0.05, 0.1) is 5.75 Å². The van der Waals surface area contributed by atoms with E-state index in [1.807, 2.05) is 6.92 Å². The van der Waals surface area contributed by atoms with Crippen molar-refractivity contribution in [2.45, 2.75) is 32.2 Å². The Morgan fingerprint density at radius 2 is 2.17 bits per heavy atom. The number of likely N-dealkylation sites (tertiary alicyclic amines) is 1. The topological polar surface area (TPSA) is 52.7 Å². The van der Waals surface area contributed by atoms with Gasteiger partial charge in [-0.25, -0.2) is 12.7 Å². The molecule has 1 N–H and O–H groups in total. The van der Waals surface area contributed by atoms with Gasteiger partial charge in [0, 0.05) is 19.6 Å². The Hall–Kier alpha value is -0.170. The summed E-state index contributed by atoms with van der Waals surface area (Å²) in [5.41, 5.74) is 0. The summed E-state index contributed by atoms with van der Waals surface area (Å²) in [4.78, 5) is 2.25. The molecule has 0 aliphatic carbocycles. The maximum Gasteiger partial charge on any atom is 0.213 e. The van der Waals surface area contributed by atoms with E-state index >= 15 is 0 Å². The molecule has 6 heteroatoms. The van der Waals surface area contributed by atoms with Crippen LogP contribution < -0.4 is 5.32 Å². The number of sulfonamides is 1. The molecule has 18 heavy (non-hydrogen) atoms. The van der Waals surface area contributed by atoms with E-state index in [0.29, 0.717) is 19.0 Å². The van der Waals surface area contributed by atoms with Gasteiger partial charge >= 0.3 is 0 Å². The Morgan fingerprint density at radius 3 is 2.72 bits per heavy atom. The molecule has 0 spiro atoms. The van der Waals surface area contributed by atoms with Crippen molar-refractivity contribution in [3.63, 3.8) is 0 Å². The van der Waals surface area contributed by atoms with Crippen molar-refractivity contribution in [1.29, 1.82) is 0 Å². The summed E-state index contributed by atoms with van der Waals surface area (Å²) in [6.07, 6.45) is 2.96. The van der Waals surface area contributed by atoms with Gasteiger partial charge < -0.3 is 10.2 Å². The zero-order valence-corrected chi connectivity index (χ0v) is 12.7. The van der Waals surface area contributed by atoms with Gasteiger partial charge in [-0.15, -0.1) is 0 Å². The lowest BCUT2D eigenvalue weighted by Gasteiger charge is -2.25. The minimum absolute atomic E-state index is 0.243. The standard InChI is InChI=1S/C12H27N3O2S/c1-4-13-8-6-10-18(16,17)15(3)11-12-7-5-9-14(12)2/h12-13H,4-11H2,1-3H3. The average molecular weight is 277 g/mol. The second-order valence-corrected chi connectivity index (χ2v) is 7.28. The molecule has 1 rings (SSSR count). The molecule has 0 aromatic rings. The van der Waals surface area contributed by atoms with Crippen LogP contribution in [0.25, 0.3) is 0 Å². The third-order valence-electron chi connectivity index (χ3n) is 3.62. The van der Waals surface area contributed by atoms with Crippen molar-refractivity contribution in [2.75, 3.05) is 46.0 Å². The largest absolute Gasteiger partial charge is 0.317 e. The van der Waals surface area contributed by atoms with Gasteiger partial charge in [-0.05, 0) is 45.9 Å². The van der Waals surface area contributed by atoms with Crippen LogP contribution in [-0.2, 0) is 10.0 Å². The van der Waals surface area contributed by atoms with Crippen LogP contribution in [0.1, 0.15) is 26.2 Å². The second kappa shape index (κ2) is 7.43. The van der Waals surface area contributed by atoms with Crippen LogP contribution in [0.15, 0.2) is 0 Å². The highest BCUT2D eigenvalue weighted by Gasteiger charge is 2.26. The zero-order valence-electron chi connectivity index (χ0n) is 11.9. The molecule has 0 aromatic carbocycles. The molecule has 1 fully saturated rings. The summed E-state index contributed by atoms with van der Waals surface area (Å²) >= 11 is 0. The molecular weight excluding hydrogens is 250 g/mol. The van der Waals surface area contributed by atoms with Crippen LogP contribution in [-0.4, -0.2) is 69.7 Å². The smallest absolute Gasteiger partial charge is 0.213 e. The Kier molecular flexibility index (Phi) is 6.55. The van der Waals surface area contributed by atoms with Crippen LogP contribution >= 0.6 is 0 Å². The van der Waals surface area contributed by atoms with Gasteiger partial charge in [-0.3, -0.25) is 0 Å². The van der Waals surface area contributed by atoms with Crippen LogP contribution in [0, 0.1) is 0 Å². The Labute approximate surface area is 112 Å². The number of hydrogen-bond acceptors (Lipinski definition) is 4. The number of nitrogens with one attached hydrogen (secondary N) is 1. The summed E-state index contributed by atoms with van der Waals surface area (Å²) in [6.45, 7) is 5.39. The average Bonchev–Trinajstić information content (AvgIpc) is 2.71. The molecule has 1 saturated heterocycles. The molecule has 1 unspecified atom stereocenters. The predicted octanol–water partition coefficient (Wildman–Crippen LogP) is 0.342. The molecule has 1 atom stereocenters. The minimum Gasteiger partial charge on any atom is -0.317 e. The van der Waals surface area contributed by atoms with Crippen molar-refractivity contribution >= 4 is 10.0 Å². The van der Waals surface area contributed by atoms with Gasteiger partial charge in [-0.2, -0.15) is 0 Å². The molecule has 0 amide bonds. The number of rotatable bonds is 8. The summed E-state index contributed by atoms with van der Waals surface area (Å²) in [5.74, 6) is 0.243. The summed E-state index contributed by atoms with van der Waals surface area (Å²) in [6, 6.07) is 0.388. The number of likely N-dealkylation sites (N-methyl/N-ethyl adjacent to an activating group) is 2. The van der Waals surface area contributed by atoms with Gasteiger partial charge in [0.1, 0.15) is 0 Å². The Morgan fingerprint density at radius 1 is 1.44 bits per heavy atom. The third kappa shape index (κ3) is 4.84. The first kappa shape index (κ1) is 15.9. The van der Waals surface area contributed by atoms with E-state index < -0.39 is 10.0 Å². The molecule has 1 heterocycles. The van der Waals surface area contributed by atoms with Gasteiger partial charge in [0.2, 0.25) is 10.0 Å². The molecule has 1 aliphatic rings. The normalized spacial score (nSPS) is 21.9. The quantitative estimate of drug-likeness (QED) is 0.650. The van der Waals surface area contributed by atoms with Gasteiger partial charge in [0.25, 0.3) is 0 Å². The van der Waals surface area contributed by atoms with Crippen LogP contribution in [0.2, 0.25) is 0 Å². The van der Waals surface area contributed by atoms with Crippen LogP contribution in [0.3, 0.4) is 0 Å². The number of hydrogen-bond donors (Lipinski definition) is 1. The van der Waals surface area contributed by atoms with Crippen molar-refractivity contribution in [3.05, 3.63) is 0 Å². The van der Waals surface area contributed by atoms with Crippen molar-refractivity contribution in [1.82, 2.24) is 14.5 Å². The lowest BCUT2D eigenvalue weighted by atomic mass is 10.2. The fourth-order valence-electron chi connectivity index (χ4n) is 2.33. The lowest BCUT2D eigenvalue weighted by molar-refractivity contribution is 0.271. The van der Waals surface area contributed by atoms with E-state index in [-0.39, 0.29) is 5.75 Å². The SMILES string of the molecule is CCNCCCS(=O)(=O)N(C)CC1CCCN1C. The molecule has 0 saturated carbocycles. The molecule has 1 aliphatic heterocycles. The first-order chi connectivity index (χ1) is 8.47. The maximum absolute atomic E-state index is 12.1. The van der Waals surface area contributed by atoms with Crippen molar-refractivity contribution in [3.8, 4) is 0 Å². The Bertz CT molecular complexity index is 332. The second-order valence-electron chi connectivity index (χ2n) is 5.08. The molecule has 0 radical (unpaired) electrons. The fraction of sp³-hybridized carbons (Fsp3) is 1.00. The highest BCUT2D eigenvalue weighted by molar-refractivity contribution is 7.89. The summed E-state index contributed by atoms with van der Waals surface area (Å²) < 4.78 is 25.7. The monoisotopic (exact) mass is 277 g/mol.